The molecule has 0 aliphatic heterocycles. The maximum absolute atomic E-state index is 12.8. The Kier molecular flexibility index (Phi) is 3.44. The summed E-state index contributed by atoms with van der Waals surface area (Å²) in [7, 11) is 0. The molecule has 0 aliphatic carbocycles. The third-order valence-electron chi connectivity index (χ3n) is 2.08. The van der Waals surface area contributed by atoms with E-state index in [9.17, 15) is 4.39 Å². The van der Waals surface area contributed by atoms with Gasteiger partial charge < -0.3 is 5.11 Å². The fraction of sp³-hybridized carbons (Fsp3) is 0.0833. The molecule has 0 atom stereocenters. The first-order valence-corrected chi connectivity index (χ1v) is 5.63. The second-order valence-electron chi connectivity index (χ2n) is 3.22. The lowest BCUT2D eigenvalue weighted by atomic mass is 10.1. The zero-order valence-electron chi connectivity index (χ0n) is 8.43. The first kappa shape index (κ1) is 11.0. The molecule has 2 rings (SSSR count). The number of nitrogens with zero attached hydrogens (tertiary/aromatic N) is 1. The van der Waals surface area contributed by atoms with Gasteiger partial charge in [-0.25, -0.2) is 4.39 Å². The normalized spacial score (nSPS) is 11.8. The summed E-state index contributed by atoms with van der Waals surface area (Å²) < 4.78 is 12.8. The van der Waals surface area contributed by atoms with Crippen LogP contribution in [0, 0.1) is 0 Å². The molecule has 0 aliphatic rings. The number of aliphatic hydroxyl groups excluding tert-OH is 1. The van der Waals surface area contributed by atoms with E-state index in [0.29, 0.717) is 0 Å². The number of rotatable bonds is 3. The van der Waals surface area contributed by atoms with Crippen LogP contribution in [-0.2, 0) is 0 Å². The van der Waals surface area contributed by atoms with E-state index in [1.807, 2.05) is 23.6 Å². The van der Waals surface area contributed by atoms with Crippen molar-refractivity contribution in [1.82, 2.24) is 4.98 Å². The molecule has 16 heavy (non-hydrogen) atoms. The van der Waals surface area contributed by atoms with Crippen LogP contribution in [0.1, 0.15) is 4.88 Å². The molecule has 4 heteroatoms. The maximum atomic E-state index is 12.8. The highest BCUT2D eigenvalue weighted by atomic mass is 32.1. The number of thiophene rings is 1. The summed E-state index contributed by atoms with van der Waals surface area (Å²) in [6.07, 6.45) is 4.78. The lowest BCUT2D eigenvalue weighted by Gasteiger charge is -1.94. The molecule has 0 saturated carbocycles. The van der Waals surface area contributed by atoms with E-state index in [2.05, 4.69) is 4.98 Å². The number of aromatic nitrogens is 1. The van der Waals surface area contributed by atoms with Gasteiger partial charge in [0.1, 0.15) is 5.83 Å². The molecule has 0 bridgehead atoms. The van der Waals surface area contributed by atoms with E-state index in [1.165, 1.54) is 17.4 Å². The Balaban J connectivity index is 2.27. The van der Waals surface area contributed by atoms with E-state index >= 15 is 0 Å². The highest BCUT2D eigenvalue weighted by Crippen LogP contribution is 2.26. The Hall–Kier alpha value is -1.52. The Bertz CT molecular complexity index is 493. The molecule has 0 fully saturated rings. The number of halogens is 1. The zero-order chi connectivity index (χ0) is 11.4. The van der Waals surface area contributed by atoms with Crippen LogP contribution in [0.4, 0.5) is 4.39 Å². The quantitative estimate of drug-likeness (QED) is 0.886. The Morgan fingerprint density at radius 3 is 2.81 bits per heavy atom. The number of hydrogen-bond donors (Lipinski definition) is 1. The predicted octanol–water partition coefficient (Wildman–Crippen LogP) is 3.11. The summed E-state index contributed by atoms with van der Waals surface area (Å²) in [5, 5.41) is 10.5. The van der Waals surface area contributed by atoms with Crippen molar-refractivity contribution < 1.29 is 9.50 Å². The van der Waals surface area contributed by atoms with Gasteiger partial charge in [-0.15, -0.1) is 11.3 Å². The largest absolute Gasteiger partial charge is 0.389 e. The Labute approximate surface area is 96.7 Å². The molecule has 0 radical (unpaired) electrons. The van der Waals surface area contributed by atoms with Crippen LogP contribution in [0.2, 0.25) is 0 Å². The summed E-state index contributed by atoms with van der Waals surface area (Å²) in [5.41, 5.74) is 2.08. The maximum Gasteiger partial charge on any atom is 0.127 e. The Morgan fingerprint density at radius 2 is 2.12 bits per heavy atom. The van der Waals surface area contributed by atoms with Crippen LogP contribution < -0.4 is 0 Å². The zero-order valence-corrected chi connectivity index (χ0v) is 9.25. The average molecular weight is 235 g/mol. The average Bonchev–Trinajstić information content (AvgIpc) is 2.78. The van der Waals surface area contributed by atoms with E-state index in [4.69, 9.17) is 5.11 Å². The van der Waals surface area contributed by atoms with Crippen LogP contribution in [0.5, 0.6) is 0 Å². The van der Waals surface area contributed by atoms with Crippen LogP contribution in [-0.4, -0.2) is 16.7 Å². The minimum absolute atomic E-state index is 0.525. The van der Waals surface area contributed by atoms with Gasteiger partial charge in [-0.1, -0.05) is 0 Å². The molecule has 82 valence electrons. The van der Waals surface area contributed by atoms with Crippen LogP contribution in [0.15, 0.2) is 41.8 Å². The van der Waals surface area contributed by atoms with Gasteiger partial charge in [0, 0.05) is 17.3 Å². The van der Waals surface area contributed by atoms with E-state index in [1.54, 1.807) is 12.4 Å². The van der Waals surface area contributed by atoms with Gasteiger partial charge in [0.15, 0.2) is 0 Å². The highest BCUT2D eigenvalue weighted by Gasteiger charge is 2.01. The first-order valence-electron chi connectivity index (χ1n) is 4.75. The second-order valence-corrected chi connectivity index (χ2v) is 4.17. The minimum atomic E-state index is -0.553. The van der Waals surface area contributed by atoms with Crippen molar-refractivity contribution in [1.29, 1.82) is 0 Å². The number of pyridine rings is 1. The third kappa shape index (κ3) is 2.53. The second kappa shape index (κ2) is 5.01. The molecular weight excluding hydrogens is 225 g/mol. The summed E-state index contributed by atoms with van der Waals surface area (Å²) in [5.74, 6) is -0.525. The third-order valence-corrected chi connectivity index (χ3v) is 2.96. The lowest BCUT2D eigenvalue weighted by molar-refractivity contribution is 0.300. The van der Waals surface area contributed by atoms with E-state index in [0.717, 1.165) is 16.0 Å². The lowest BCUT2D eigenvalue weighted by Crippen LogP contribution is -1.79. The molecule has 0 spiro atoms. The van der Waals surface area contributed by atoms with Gasteiger partial charge in [-0.3, -0.25) is 4.98 Å². The van der Waals surface area contributed by atoms with E-state index in [-0.39, 0.29) is 0 Å². The summed E-state index contributed by atoms with van der Waals surface area (Å²) in [6, 6.07) is 5.69. The fourth-order valence-corrected chi connectivity index (χ4v) is 2.18. The van der Waals surface area contributed by atoms with Crippen LogP contribution >= 0.6 is 11.3 Å². The molecule has 1 N–H and O–H groups in total. The smallest absolute Gasteiger partial charge is 0.127 e. The molecule has 0 unspecified atom stereocenters. The summed E-state index contributed by atoms with van der Waals surface area (Å²) in [4.78, 5) is 4.73. The number of aliphatic hydroxyl groups is 1. The molecular formula is C12H10FNOS. The Morgan fingerprint density at radius 1 is 1.38 bits per heavy atom. The van der Waals surface area contributed by atoms with Gasteiger partial charge in [-0.05, 0) is 40.8 Å². The van der Waals surface area contributed by atoms with Crippen molar-refractivity contribution in [3.63, 3.8) is 0 Å². The molecule has 0 aromatic carbocycles. The molecule has 2 nitrogen and oxygen atoms in total. The minimum Gasteiger partial charge on any atom is -0.389 e. The summed E-state index contributed by atoms with van der Waals surface area (Å²) >= 11 is 1.44. The van der Waals surface area contributed by atoms with Gasteiger partial charge in [0.25, 0.3) is 0 Å². The fourth-order valence-electron chi connectivity index (χ4n) is 1.32. The standard InChI is InChI=1S/C12H10FNOS/c13-11(7-15)6-12-5-10(8-16-12)9-1-3-14-4-2-9/h1-6,8,15H,7H2/b11-6+. The molecule has 0 amide bonds. The first-order chi connectivity index (χ1) is 7.79. The molecule has 2 heterocycles. The van der Waals surface area contributed by atoms with Crippen molar-refractivity contribution in [3.8, 4) is 11.1 Å². The molecule has 0 saturated heterocycles. The topological polar surface area (TPSA) is 33.1 Å². The van der Waals surface area contributed by atoms with Crippen molar-refractivity contribution >= 4 is 17.4 Å². The van der Waals surface area contributed by atoms with Gasteiger partial charge in [0.05, 0.1) is 6.61 Å². The van der Waals surface area contributed by atoms with Gasteiger partial charge >= 0.3 is 0 Å². The van der Waals surface area contributed by atoms with Crippen molar-refractivity contribution in [2.75, 3.05) is 6.61 Å². The van der Waals surface area contributed by atoms with Crippen molar-refractivity contribution in [2.24, 2.45) is 0 Å². The van der Waals surface area contributed by atoms with Crippen molar-refractivity contribution in [3.05, 3.63) is 46.7 Å². The van der Waals surface area contributed by atoms with Crippen LogP contribution in [0.25, 0.3) is 17.2 Å². The summed E-state index contributed by atoms with van der Waals surface area (Å²) in [6.45, 7) is -0.553. The van der Waals surface area contributed by atoms with E-state index < -0.39 is 12.4 Å². The monoisotopic (exact) mass is 235 g/mol. The molecule has 2 aromatic rings. The van der Waals surface area contributed by atoms with Crippen LogP contribution in [0.3, 0.4) is 0 Å². The van der Waals surface area contributed by atoms with Gasteiger partial charge in [0.2, 0.25) is 0 Å². The van der Waals surface area contributed by atoms with Crippen molar-refractivity contribution in [2.45, 2.75) is 0 Å². The molecule has 2 aromatic heterocycles. The SMILES string of the molecule is OC/C(F)=C\c1cc(-c2ccncc2)cs1. The number of hydrogen-bond acceptors (Lipinski definition) is 3. The highest BCUT2D eigenvalue weighted by molar-refractivity contribution is 7.11. The van der Waals surface area contributed by atoms with Gasteiger partial charge in [-0.2, -0.15) is 0 Å². The predicted molar refractivity (Wildman–Crippen MR) is 63.7 cm³/mol.